The number of halogens is 2. The predicted octanol–water partition coefficient (Wildman–Crippen LogP) is 4.94. The van der Waals surface area contributed by atoms with Crippen LogP contribution in [-0.2, 0) is 4.79 Å². The fourth-order valence-electron chi connectivity index (χ4n) is 2.65. The molecule has 1 aliphatic rings. The smallest absolute Gasteiger partial charge is 0.338 e. The molecule has 172 valence electrons. The summed E-state index contributed by atoms with van der Waals surface area (Å²) in [6.07, 6.45) is 1.34. The van der Waals surface area contributed by atoms with Gasteiger partial charge in [0.1, 0.15) is 0 Å². The minimum absolute atomic E-state index is 0.0360. The summed E-state index contributed by atoms with van der Waals surface area (Å²) in [5.74, 6) is -1.37. The Morgan fingerprint density at radius 2 is 2.06 bits per heavy atom. The van der Waals surface area contributed by atoms with E-state index in [-0.39, 0.29) is 32.2 Å². The van der Waals surface area contributed by atoms with E-state index in [1.807, 2.05) is 0 Å². The van der Waals surface area contributed by atoms with Crippen molar-refractivity contribution in [2.45, 2.75) is 6.92 Å². The standard InChI is InChI=1S/C19H14Cl2N4O6S2/c1-2-31-14-6-9(5-13(16(14)26)25(29)30)7-15-17(27)24(19(32)33-15)23-18(28)22-10-3-4-11(20)12(21)8-10/h3-8,26H,2H2,1H3,(H2,22,23,28)/b15-7-. The molecule has 0 atom stereocenters. The van der Waals surface area contributed by atoms with Gasteiger partial charge in [0, 0.05) is 11.8 Å². The van der Waals surface area contributed by atoms with Gasteiger partial charge in [-0.05, 0) is 55.0 Å². The minimum Gasteiger partial charge on any atom is -0.500 e. The Kier molecular flexibility index (Phi) is 7.64. The molecule has 1 saturated heterocycles. The van der Waals surface area contributed by atoms with Gasteiger partial charge in [0.25, 0.3) is 5.91 Å². The van der Waals surface area contributed by atoms with Gasteiger partial charge in [-0.1, -0.05) is 35.0 Å². The van der Waals surface area contributed by atoms with Crippen LogP contribution >= 0.6 is 47.2 Å². The molecule has 0 unspecified atom stereocenters. The number of anilines is 1. The molecule has 2 aromatic rings. The Bertz CT molecular complexity index is 1210. The van der Waals surface area contributed by atoms with Gasteiger partial charge < -0.3 is 15.2 Å². The summed E-state index contributed by atoms with van der Waals surface area (Å²) in [7, 11) is 0. The molecular weight excluding hydrogens is 515 g/mol. The van der Waals surface area contributed by atoms with Crippen molar-refractivity contribution >= 4 is 80.9 Å². The molecule has 1 heterocycles. The molecule has 1 aliphatic heterocycles. The molecule has 14 heteroatoms. The summed E-state index contributed by atoms with van der Waals surface area (Å²) in [5, 5.41) is 25.2. The lowest BCUT2D eigenvalue weighted by molar-refractivity contribution is -0.386. The molecule has 0 aromatic heterocycles. The first-order valence-electron chi connectivity index (χ1n) is 9.05. The highest BCUT2D eigenvalue weighted by molar-refractivity contribution is 8.26. The molecule has 1 fully saturated rings. The van der Waals surface area contributed by atoms with E-state index in [4.69, 9.17) is 40.2 Å². The number of thioether (sulfide) groups is 1. The van der Waals surface area contributed by atoms with Crippen LogP contribution in [0.5, 0.6) is 11.5 Å². The van der Waals surface area contributed by atoms with Crippen molar-refractivity contribution < 1.29 is 24.4 Å². The number of urea groups is 1. The highest BCUT2D eigenvalue weighted by Crippen LogP contribution is 2.39. The molecule has 10 nitrogen and oxygen atoms in total. The van der Waals surface area contributed by atoms with Crippen LogP contribution in [0.2, 0.25) is 10.0 Å². The maximum Gasteiger partial charge on any atom is 0.338 e. The van der Waals surface area contributed by atoms with E-state index in [1.165, 1.54) is 30.3 Å². The number of hydrazine groups is 1. The molecule has 3 N–H and O–H groups in total. The van der Waals surface area contributed by atoms with Gasteiger partial charge in [0.15, 0.2) is 10.1 Å². The summed E-state index contributed by atoms with van der Waals surface area (Å²) in [5.41, 5.74) is 2.31. The highest BCUT2D eigenvalue weighted by Gasteiger charge is 2.34. The van der Waals surface area contributed by atoms with Crippen LogP contribution in [0.1, 0.15) is 12.5 Å². The first kappa shape index (κ1) is 24.6. The van der Waals surface area contributed by atoms with Crippen molar-refractivity contribution in [3.63, 3.8) is 0 Å². The lowest BCUT2D eigenvalue weighted by atomic mass is 10.1. The number of nitrogens with one attached hydrogen (secondary N) is 2. The van der Waals surface area contributed by atoms with Gasteiger partial charge in [-0.15, -0.1) is 0 Å². The number of hydrogen-bond donors (Lipinski definition) is 3. The predicted molar refractivity (Wildman–Crippen MR) is 130 cm³/mol. The zero-order valence-electron chi connectivity index (χ0n) is 16.6. The van der Waals surface area contributed by atoms with Gasteiger partial charge in [0.05, 0.1) is 26.5 Å². The Morgan fingerprint density at radius 1 is 1.33 bits per heavy atom. The summed E-state index contributed by atoms with van der Waals surface area (Å²) < 4.78 is 5.27. The van der Waals surface area contributed by atoms with Gasteiger partial charge in [-0.3, -0.25) is 14.9 Å². The highest BCUT2D eigenvalue weighted by atomic mass is 35.5. The molecule has 0 bridgehead atoms. The van der Waals surface area contributed by atoms with E-state index >= 15 is 0 Å². The van der Waals surface area contributed by atoms with E-state index in [9.17, 15) is 24.8 Å². The second-order valence-electron chi connectivity index (χ2n) is 6.29. The summed E-state index contributed by atoms with van der Waals surface area (Å²) >= 11 is 17.8. The SMILES string of the molecule is CCOc1cc(/C=C2\SC(=S)N(NC(=O)Nc3ccc(Cl)c(Cl)c3)C2=O)cc([N+](=O)[O-])c1O. The number of carbonyl (C=O) groups excluding carboxylic acids is 2. The zero-order valence-corrected chi connectivity index (χ0v) is 19.8. The summed E-state index contributed by atoms with van der Waals surface area (Å²) in [6, 6.07) is 6.13. The largest absolute Gasteiger partial charge is 0.500 e. The molecule has 3 rings (SSSR count). The number of thiocarbonyl (C=S) groups is 1. The van der Waals surface area contributed by atoms with Crippen LogP contribution in [0.4, 0.5) is 16.2 Å². The Morgan fingerprint density at radius 3 is 2.70 bits per heavy atom. The van der Waals surface area contributed by atoms with Crippen LogP contribution in [-0.4, -0.2) is 37.9 Å². The van der Waals surface area contributed by atoms with E-state index in [0.717, 1.165) is 22.8 Å². The Labute approximate surface area is 206 Å². The van der Waals surface area contributed by atoms with Crippen LogP contribution in [0, 0.1) is 10.1 Å². The van der Waals surface area contributed by atoms with E-state index in [2.05, 4.69) is 10.7 Å². The van der Waals surface area contributed by atoms with Gasteiger partial charge in [-0.25, -0.2) is 10.2 Å². The first-order chi connectivity index (χ1) is 15.6. The number of nitro groups is 1. The minimum atomic E-state index is -0.769. The molecule has 0 spiro atoms. The first-order valence-corrected chi connectivity index (χ1v) is 11.0. The molecule has 0 saturated carbocycles. The maximum absolute atomic E-state index is 12.8. The third kappa shape index (κ3) is 5.66. The fourth-order valence-corrected chi connectivity index (χ4v) is 4.13. The maximum atomic E-state index is 12.8. The lowest BCUT2D eigenvalue weighted by Crippen LogP contribution is -2.46. The third-order valence-electron chi connectivity index (χ3n) is 4.06. The number of ether oxygens (including phenoxy) is 1. The second-order valence-corrected chi connectivity index (χ2v) is 8.78. The second kappa shape index (κ2) is 10.3. The van der Waals surface area contributed by atoms with Crippen molar-refractivity contribution in [1.29, 1.82) is 0 Å². The Balaban J connectivity index is 1.80. The number of hydrogen-bond acceptors (Lipinski definition) is 8. The van der Waals surface area contributed by atoms with Crippen molar-refractivity contribution in [1.82, 2.24) is 10.4 Å². The molecule has 3 amide bonds. The van der Waals surface area contributed by atoms with Crippen LogP contribution in [0.15, 0.2) is 35.2 Å². The number of benzene rings is 2. The number of carbonyl (C=O) groups is 2. The Hall–Kier alpha value is -3.06. The van der Waals surface area contributed by atoms with E-state index in [1.54, 1.807) is 6.92 Å². The number of nitro benzene ring substituents is 1. The average molecular weight is 529 g/mol. The van der Waals surface area contributed by atoms with Crippen LogP contribution in [0.25, 0.3) is 6.08 Å². The summed E-state index contributed by atoms with van der Waals surface area (Å²) in [6.45, 7) is 1.81. The van der Waals surface area contributed by atoms with E-state index in [0.29, 0.717) is 10.7 Å². The van der Waals surface area contributed by atoms with E-state index < -0.39 is 28.3 Å². The van der Waals surface area contributed by atoms with Crippen molar-refractivity contribution in [2.24, 2.45) is 0 Å². The van der Waals surface area contributed by atoms with Crippen molar-refractivity contribution in [3.8, 4) is 11.5 Å². The van der Waals surface area contributed by atoms with Gasteiger partial charge in [0.2, 0.25) is 5.75 Å². The van der Waals surface area contributed by atoms with Crippen molar-refractivity contribution in [2.75, 3.05) is 11.9 Å². The summed E-state index contributed by atoms with van der Waals surface area (Å²) in [4.78, 5) is 35.6. The number of aromatic hydroxyl groups is 1. The number of amides is 3. The quantitative estimate of drug-likeness (QED) is 0.207. The van der Waals surface area contributed by atoms with Crippen LogP contribution in [0.3, 0.4) is 0 Å². The molecule has 2 aromatic carbocycles. The average Bonchev–Trinajstić information content (AvgIpc) is 3.00. The zero-order chi connectivity index (χ0) is 24.3. The third-order valence-corrected chi connectivity index (χ3v) is 6.10. The van der Waals surface area contributed by atoms with Gasteiger partial charge >= 0.3 is 11.7 Å². The number of phenols is 1. The monoisotopic (exact) mass is 528 g/mol. The molecular formula is C19H14Cl2N4O6S2. The number of rotatable bonds is 6. The molecule has 33 heavy (non-hydrogen) atoms. The van der Waals surface area contributed by atoms with Crippen LogP contribution < -0.4 is 15.5 Å². The number of phenolic OH excluding ortho intramolecular Hbond substituents is 1. The normalized spacial score (nSPS) is 14.5. The van der Waals surface area contributed by atoms with Crippen molar-refractivity contribution in [3.05, 3.63) is 61.0 Å². The van der Waals surface area contributed by atoms with Gasteiger partial charge in [-0.2, -0.15) is 5.01 Å². The number of nitrogens with zero attached hydrogens (tertiary/aromatic N) is 2. The molecule has 0 radical (unpaired) electrons. The lowest BCUT2D eigenvalue weighted by Gasteiger charge is -2.16. The topological polar surface area (TPSA) is 134 Å². The fraction of sp³-hybridized carbons (Fsp3) is 0.105. The molecule has 0 aliphatic carbocycles.